The number of nitrogens with two attached hydrogens (primary N) is 1. The summed E-state index contributed by atoms with van der Waals surface area (Å²) in [6.45, 7) is 3.34. The average Bonchev–Trinajstić information content (AvgIpc) is 2.36. The Morgan fingerprint density at radius 1 is 1.35 bits per heavy atom. The summed E-state index contributed by atoms with van der Waals surface area (Å²) >= 11 is 0. The van der Waals surface area contributed by atoms with Crippen LogP contribution >= 0.6 is 0 Å². The highest BCUT2D eigenvalue weighted by molar-refractivity contribution is 6.03. The molecule has 0 fully saturated rings. The summed E-state index contributed by atoms with van der Waals surface area (Å²) in [7, 11) is 0. The SMILES string of the molecule is CC(=Nc1cccc(N)c1)c1c(C)cc(=O)n(O)c1O. The fraction of sp³-hybridized carbons (Fsp3) is 0.143. The van der Waals surface area contributed by atoms with E-state index in [4.69, 9.17) is 5.73 Å². The molecule has 6 nitrogen and oxygen atoms in total. The lowest BCUT2D eigenvalue weighted by atomic mass is 10.1. The molecule has 2 aromatic rings. The Morgan fingerprint density at radius 2 is 2.05 bits per heavy atom. The zero-order chi connectivity index (χ0) is 14.9. The molecule has 104 valence electrons. The molecule has 0 unspecified atom stereocenters. The lowest BCUT2D eigenvalue weighted by molar-refractivity contribution is 0.143. The molecule has 0 aliphatic carbocycles. The van der Waals surface area contributed by atoms with Gasteiger partial charge in [0.05, 0.1) is 17.0 Å². The minimum absolute atomic E-state index is 0.195. The Hall–Kier alpha value is -2.76. The number of anilines is 1. The minimum Gasteiger partial charge on any atom is -0.492 e. The maximum atomic E-state index is 11.3. The van der Waals surface area contributed by atoms with Crippen LogP contribution in [0.3, 0.4) is 0 Å². The number of aromatic hydroxyl groups is 1. The number of nitrogen functional groups attached to an aromatic ring is 1. The zero-order valence-corrected chi connectivity index (χ0v) is 11.2. The Balaban J connectivity index is 2.57. The Bertz CT molecular complexity index is 748. The molecule has 1 aromatic heterocycles. The first kappa shape index (κ1) is 13.7. The van der Waals surface area contributed by atoms with Gasteiger partial charge in [0.25, 0.3) is 5.56 Å². The van der Waals surface area contributed by atoms with E-state index in [1.54, 1.807) is 38.1 Å². The van der Waals surface area contributed by atoms with Crippen LogP contribution in [-0.2, 0) is 0 Å². The number of aryl methyl sites for hydroxylation is 1. The molecule has 2 rings (SSSR count). The van der Waals surface area contributed by atoms with Crippen molar-refractivity contribution in [1.29, 1.82) is 0 Å². The first-order valence-electron chi connectivity index (χ1n) is 5.96. The maximum absolute atomic E-state index is 11.3. The summed E-state index contributed by atoms with van der Waals surface area (Å²) in [5, 5.41) is 19.3. The van der Waals surface area contributed by atoms with Gasteiger partial charge in [0.15, 0.2) is 0 Å². The number of pyridine rings is 1. The minimum atomic E-state index is -0.694. The standard InChI is InChI=1S/C14H15N3O3/c1-8-6-12(18)17(20)14(19)13(8)9(2)16-11-5-3-4-10(15)7-11/h3-7,19-20H,15H2,1-2H3. The molecule has 0 aliphatic rings. The number of aromatic nitrogens is 1. The molecule has 0 atom stereocenters. The van der Waals surface area contributed by atoms with Crippen LogP contribution in [0.25, 0.3) is 0 Å². The van der Waals surface area contributed by atoms with Gasteiger partial charge < -0.3 is 16.0 Å². The van der Waals surface area contributed by atoms with E-state index in [-0.39, 0.29) is 4.73 Å². The fourth-order valence-electron chi connectivity index (χ4n) is 2.00. The lowest BCUT2D eigenvalue weighted by Gasteiger charge is -2.10. The quantitative estimate of drug-likeness (QED) is 0.441. The molecule has 1 aromatic carbocycles. The largest absolute Gasteiger partial charge is 0.492 e. The number of rotatable bonds is 2. The second kappa shape index (κ2) is 5.08. The second-order valence-corrected chi connectivity index (χ2v) is 4.47. The van der Waals surface area contributed by atoms with E-state index in [0.29, 0.717) is 28.2 Å². The number of hydrogen-bond donors (Lipinski definition) is 3. The van der Waals surface area contributed by atoms with E-state index in [2.05, 4.69) is 4.99 Å². The van der Waals surface area contributed by atoms with Crippen molar-refractivity contribution in [3.63, 3.8) is 0 Å². The highest BCUT2D eigenvalue weighted by Gasteiger charge is 2.14. The summed E-state index contributed by atoms with van der Waals surface area (Å²) in [6.07, 6.45) is 0. The third kappa shape index (κ3) is 2.49. The van der Waals surface area contributed by atoms with Gasteiger partial charge >= 0.3 is 0 Å². The van der Waals surface area contributed by atoms with Crippen molar-refractivity contribution in [2.45, 2.75) is 13.8 Å². The maximum Gasteiger partial charge on any atom is 0.286 e. The normalized spacial score (nSPS) is 11.6. The topological polar surface area (TPSA) is 101 Å². The van der Waals surface area contributed by atoms with Crippen LogP contribution in [0.2, 0.25) is 0 Å². The van der Waals surface area contributed by atoms with Gasteiger partial charge in [-0.3, -0.25) is 9.79 Å². The van der Waals surface area contributed by atoms with Gasteiger partial charge in [-0.1, -0.05) is 6.07 Å². The zero-order valence-electron chi connectivity index (χ0n) is 11.2. The van der Waals surface area contributed by atoms with Crippen molar-refractivity contribution in [3.8, 4) is 5.88 Å². The molecule has 1 heterocycles. The number of hydrogen-bond acceptors (Lipinski definition) is 5. The highest BCUT2D eigenvalue weighted by Crippen LogP contribution is 2.22. The fourth-order valence-corrected chi connectivity index (χ4v) is 2.00. The monoisotopic (exact) mass is 273 g/mol. The molecule has 0 spiro atoms. The molecular weight excluding hydrogens is 258 g/mol. The van der Waals surface area contributed by atoms with Crippen LogP contribution in [0.15, 0.2) is 40.1 Å². The van der Waals surface area contributed by atoms with E-state index < -0.39 is 11.4 Å². The van der Waals surface area contributed by atoms with Gasteiger partial charge in [0.1, 0.15) is 0 Å². The smallest absolute Gasteiger partial charge is 0.286 e. The van der Waals surface area contributed by atoms with E-state index in [0.717, 1.165) is 0 Å². The predicted octanol–water partition coefficient (Wildman–Crippen LogP) is 1.82. The van der Waals surface area contributed by atoms with Gasteiger partial charge in [-0.05, 0) is 37.6 Å². The molecule has 6 heteroatoms. The van der Waals surface area contributed by atoms with E-state index in [9.17, 15) is 15.1 Å². The molecule has 20 heavy (non-hydrogen) atoms. The summed E-state index contributed by atoms with van der Waals surface area (Å²) in [6, 6.07) is 8.19. The molecular formula is C14H15N3O3. The van der Waals surface area contributed by atoms with E-state index >= 15 is 0 Å². The Kier molecular flexibility index (Phi) is 3.47. The summed E-state index contributed by atoms with van der Waals surface area (Å²) in [5.74, 6) is -0.528. The molecule has 0 radical (unpaired) electrons. The number of nitrogens with zero attached hydrogens (tertiary/aromatic N) is 2. The number of benzene rings is 1. The predicted molar refractivity (Wildman–Crippen MR) is 77.0 cm³/mol. The van der Waals surface area contributed by atoms with Gasteiger partial charge in [-0.15, -0.1) is 4.73 Å². The van der Waals surface area contributed by atoms with E-state index in [1.165, 1.54) is 6.07 Å². The van der Waals surface area contributed by atoms with Crippen molar-refractivity contribution >= 4 is 17.1 Å². The van der Waals surface area contributed by atoms with Crippen molar-refractivity contribution in [1.82, 2.24) is 4.73 Å². The van der Waals surface area contributed by atoms with Crippen LogP contribution in [0.5, 0.6) is 5.88 Å². The summed E-state index contributed by atoms with van der Waals surface area (Å²) in [4.78, 5) is 15.7. The van der Waals surface area contributed by atoms with Crippen molar-refractivity contribution in [3.05, 3.63) is 51.8 Å². The van der Waals surface area contributed by atoms with Crippen LogP contribution in [-0.4, -0.2) is 20.8 Å². The molecule has 4 N–H and O–H groups in total. The van der Waals surface area contributed by atoms with Gasteiger partial charge in [0.2, 0.25) is 5.88 Å². The van der Waals surface area contributed by atoms with Crippen molar-refractivity contribution in [2.24, 2.45) is 4.99 Å². The van der Waals surface area contributed by atoms with Crippen LogP contribution in [0, 0.1) is 6.92 Å². The van der Waals surface area contributed by atoms with Gasteiger partial charge in [-0.2, -0.15) is 0 Å². The molecule has 0 bridgehead atoms. The van der Waals surface area contributed by atoms with Crippen LogP contribution in [0.1, 0.15) is 18.1 Å². The third-order valence-corrected chi connectivity index (χ3v) is 2.90. The van der Waals surface area contributed by atoms with Crippen LogP contribution < -0.4 is 11.3 Å². The van der Waals surface area contributed by atoms with Crippen molar-refractivity contribution in [2.75, 3.05) is 5.73 Å². The molecule has 0 aliphatic heterocycles. The van der Waals surface area contributed by atoms with Crippen molar-refractivity contribution < 1.29 is 10.3 Å². The first-order chi connectivity index (χ1) is 9.40. The Labute approximate surface area is 115 Å². The van der Waals surface area contributed by atoms with Gasteiger partial charge in [-0.25, -0.2) is 0 Å². The average molecular weight is 273 g/mol. The Morgan fingerprint density at radius 3 is 2.70 bits per heavy atom. The van der Waals surface area contributed by atoms with Gasteiger partial charge in [0, 0.05) is 11.8 Å². The summed E-state index contributed by atoms with van der Waals surface area (Å²) < 4.78 is 0.195. The third-order valence-electron chi connectivity index (χ3n) is 2.90. The van der Waals surface area contributed by atoms with Crippen LogP contribution in [0.4, 0.5) is 11.4 Å². The highest BCUT2D eigenvalue weighted by atomic mass is 16.5. The molecule has 0 saturated carbocycles. The molecule has 0 saturated heterocycles. The second-order valence-electron chi connectivity index (χ2n) is 4.47. The summed E-state index contributed by atoms with van der Waals surface area (Å²) in [5.41, 5.74) is 7.49. The first-order valence-corrected chi connectivity index (χ1v) is 5.96. The lowest BCUT2D eigenvalue weighted by Crippen LogP contribution is -2.20. The number of aliphatic imine (C=N–C) groups is 1. The molecule has 0 amide bonds. The van der Waals surface area contributed by atoms with E-state index in [1.807, 2.05) is 0 Å².